The van der Waals surface area contributed by atoms with Crippen molar-refractivity contribution in [1.29, 1.82) is 0 Å². The van der Waals surface area contributed by atoms with Gasteiger partial charge < -0.3 is 4.74 Å². The van der Waals surface area contributed by atoms with Gasteiger partial charge in [0.15, 0.2) is 0 Å². The SMILES string of the molecule is CCCC(C)(C)OC(=O)c1ccccc1-c1ccc(C)cc1C. The van der Waals surface area contributed by atoms with Crippen molar-refractivity contribution < 1.29 is 9.53 Å². The van der Waals surface area contributed by atoms with Crippen LogP contribution in [0.3, 0.4) is 0 Å². The molecular formula is C21H26O2. The number of rotatable bonds is 5. The highest BCUT2D eigenvalue weighted by Crippen LogP contribution is 2.29. The lowest BCUT2D eigenvalue weighted by Crippen LogP contribution is -2.28. The molecule has 0 aliphatic heterocycles. The molecule has 0 fully saturated rings. The predicted molar refractivity (Wildman–Crippen MR) is 95.8 cm³/mol. The van der Waals surface area contributed by atoms with Crippen LogP contribution in [0.25, 0.3) is 11.1 Å². The Morgan fingerprint density at radius 2 is 1.74 bits per heavy atom. The molecule has 0 saturated carbocycles. The van der Waals surface area contributed by atoms with Crippen LogP contribution in [0, 0.1) is 13.8 Å². The smallest absolute Gasteiger partial charge is 0.339 e. The highest BCUT2D eigenvalue weighted by molar-refractivity contribution is 5.97. The molecule has 0 aliphatic rings. The van der Waals surface area contributed by atoms with Crippen molar-refractivity contribution in [1.82, 2.24) is 0 Å². The minimum atomic E-state index is -0.443. The lowest BCUT2D eigenvalue weighted by molar-refractivity contribution is -0.00463. The van der Waals surface area contributed by atoms with Crippen molar-refractivity contribution in [3.63, 3.8) is 0 Å². The molecule has 2 heteroatoms. The molecule has 0 unspecified atom stereocenters. The molecule has 23 heavy (non-hydrogen) atoms. The van der Waals surface area contributed by atoms with E-state index in [1.54, 1.807) is 0 Å². The lowest BCUT2D eigenvalue weighted by Gasteiger charge is -2.25. The Labute approximate surface area is 139 Å². The molecule has 122 valence electrons. The normalized spacial score (nSPS) is 11.3. The summed E-state index contributed by atoms with van der Waals surface area (Å²) in [5.74, 6) is -0.251. The van der Waals surface area contributed by atoms with Gasteiger partial charge in [0.25, 0.3) is 0 Å². The highest BCUT2D eigenvalue weighted by atomic mass is 16.6. The van der Waals surface area contributed by atoms with E-state index in [4.69, 9.17) is 4.74 Å². The molecule has 0 saturated heterocycles. The summed E-state index contributed by atoms with van der Waals surface area (Å²) in [5, 5.41) is 0. The molecule has 2 rings (SSSR count). The van der Waals surface area contributed by atoms with Gasteiger partial charge in [0, 0.05) is 0 Å². The quantitative estimate of drug-likeness (QED) is 0.661. The Morgan fingerprint density at radius 1 is 1.04 bits per heavy atom. The number of benzene rings is 2. The van der Waals surface area contributed by atoms with Gasteiger partial charge in [0.05, 0.1) is 5.56 Å². The molecule has 0 spiro atoms. The minimum Gasteiger partial charge on any atom is -0.456 e. The Bertz CT molecular complexity index is 699. The predicted octanol–water partition coefficient (Wildman–Crippen LogP) is 5.71. The van der Waals surface area contributed by atoms with E-state index in [0.717, 1.165) is 29.5 Å². The van der Waals surface area contributed by atoms with E-state index >= 15 is 0 Å². The van der Waals surface area contributed by atoms with Gasteiger partial charge in [0.2, 0.25) is 0 Å². The van der Waals surface area contributed by atoms with Gasteiger partial charge in [-0.05, 0) is 56.9 Å². The lowest BCUT2D eigenvalue weighted by atomic mass is 9.94. The van der Waals surface area contributed by atoms with E-state index in [1.165, 1.54) is 5.56 Å². The number of hydrogen-bond acceptors (Lipinski definition) is 2. The molecule has 0 N–H and O–H groups in total. The van der Waals surface area contributed by atoms with E-state index in [2.05, 4.69) is 39.0 Å². The highest BCUT2D eigenvalue weighted by Gasteiger charge is 2.24. The molecule has 0 radical (unpaired) electrons. The number of hydrogen-bond donors (Lipinski definition) is 0. The van der Waals surface area contributed by atoms with Gasteiger partial charge in [-0.2, -0.15) is 0 Å². The van der Waals surface area contributed by atoms with Crippen LogP contribution in [-0.4, -0.2) is 11.6 Å². The van der Waals surface area contributed by atoms with Gasteiger partial charge in [0.1, 0.15) is 5.60 Å². The Hall–Kier alpha value is -2.09. The zero-order valence-electron chi connectivity index (χ0n) is 14.8. The molecular weight excluding hydrogens is 284 g/mol. The second kappa shape index (κ2) is 6.99. The Kier molecular flexibility index (Phi) is 5.25. The van der Waals surface area contributed by atoms with Gasteiger partial charge in [-0.15, -0.1) is 0 Å². The van der Waals surface area contributed by atoms with Gasteiger partial charge in [-0.1, -0.05) is 55.3 Å². The van der Waals surface area contributed by atoms with Crippen molar-refractivity contribution in [3.8, 4) is 11.1 Å². The van der Waals surface area contributed by atoms with Crippen LogP contribution in [0.4, 0.5) is 0 Å². The molecule has 0 atom stereocenters. The van der Waals surface area contributed by atoms with E-state index in [-0.39, 0.29) is 5.97 Å². The largest absolute Gasteiger partial charge is 0.456 e. The summed E-state index contributed by atoms with van der Waals surface area (Å²) in [6, 6.07) is 14.0. The summed E-state index contributed by atoms with van der Waals surface area (Å²) in [7, 11) is 0. The zero-order valence-corrected chi connectivity index (χ0v) is 14.8. The summed E-state index contributed by atoms with van der Waals surface area (Å²) in [5.41, 5.74) is 4.58. The number of carbonyl (C=O) groups is 1. The van der Waals surface area contributed by atoms with Gasteiger partial charge in [-0.25, -0.2) is 4.79 Å². The van der Waals surface area contributed by atoms with Crippen LogP contribution in [-0.2, 0) is 4.74 Å². The molecule has 0 amide bonds. The van der Waals surface area contributed by atoms with Crippen LogP contribution in [0.15, 0.2) is 42.5 Å². The molecule has 0 heterocycles. The number of ether oxygens (including phenoxy) is 1. The molecule has 2 aromatic carbocycles. The average Bonchev–Trinajstić information content (AvgIpc) is 2.46. The first-order valence-corrected chi connectivity index (χ1v) is 8.24. The Morgan fingerprint density at radius 3 is 2.39 bits per heavy atom. The maximum atomic E-state index is 12.7. The molecule has 0 aliphatic carbocycles. The summed E-state index contributed by atoms with van der Waals surface area (Å²) >= 11 is 0. The van der Waals surface area contributed by atoms with Crippen LogP contribution in [0.1, 0.15) is 55.1 Å². The first kappa shape index (κ1) is 17.3. The van der Waals surface area contributed by atoms with Crippen molar-refractivity contribution >= 4 is 5.97 Å². The second-order valence-corrected chi connectivity index (χ2v) is 6.76. The fourth-order valence-electron chi connectivity index (χ4n) is 2.97. The van der Waals surface area contributed by atoms with Crippen LogP contribution in [0.2, 0.25) is 0 Å². The monoisotopic (exact) mass is 310 g/mol. The van der Waals surface area contributed by atoms with Crippen molar-refractivity contribution in [3.05, 3.63) is 59.2 Å². The topological polar surface area (TPSA) is 26.3 Å². The fraction of sp³-hybridized carbons (Fsp3) is 0.381. The van der Waals surface area contributed by atoms with Crippen LogP contribution < -0.4 is 0 Å². The molecule has 0 aromatic heterocycles. The summed E-state index contributed by atoms with van der Waals surface area (Å²) in [6.07, 6.45) is 1.84. The van der Waals surface area contributed by atoms with Crippen LogP contribution in [0.5, 0.6) is 0 Å². The van der Waals surface area contributed by atoms with Gasteiger partial charge in [-0.3, -0.25) is 0 Å². The third-order valence-electron chi connectivity index (χ3n) is 4.04. The fourth-order valence-corrected chi connectivity index (χ4v) is 2.97. The number of aryl methyl sites for hydroxylation is 2. The second-order valence-electron chi connectivity index (χ2n) is 6.76. The zero-order chi connectivity index (χ0) is 17.0. The van der Waals surface area contributed by atoms with Gasteiger partial charge >= 0.3 is 5.97 Å². The van der Waals surface area contributed by atoms with Crippen LogP contribution >= 0.6 is 0 Å². The van der Waals surface area contributed by atoms with E-state index in [9.17, 15) is 4.79 Å². The summed E-state index contributed by atoms with van der Waals surface area (Å²) in [6.45, 7) is 10.2. The standard InChI is InChI=1S/C21H26O2/c1-6-13-21(4,5)23-20(22)19-10-8-7-9-18(19)17-12-11-15(2)14-16(17)3/h7-12,14H,6,13H2,1-5H3. The van der Waals surface area contributed by atoms with E-state index in [1.807, 2.05) is 38.1 Å². The van der Waals surface area contributed by atoms with Crippen molar-refractivity contribution in [2.45, 2.75) is 53.1 Å². The summed E-state index contributed by atoms with van der Waals surface area (Å²) in [4.78, 5) is 12.7. The minimum absolute atomic E-state index is 0.251. The number of esters is 1. The first-order chi connectivity index (χ1) is 10.8. The van der Waals surface area contributed by atoms with Crippen molar-refractivity contribution in [2.75, 3.05) is 0 Å². The third kappa shape index (κ3) is 4.22. The maximum absolute atomic E-state index is 12.7. The summed E-state index contributed by atoms with van der Waals surface area (Å²) < 4.78 is 5.75. The molecule has 0 bridgehead atoms. The van der Waals surface area contributed by atoms with Crippen molar-refractivity contribution in [2.24, 2.45) is 0 Å². The maximum Gasteiger partial charge on any atom is 0.339 e. The third-order valence-corrected chi connectivity index (χ3v) is 4.04. The molecule has 2 aromatic rings. The first-order valence-electron chi connectivity index (χ1n) is 8.24. The Balaban J connectivity index is 2.40. The number of carbonyl (C=O) groups excluding carboxylic acids is 1. The average molecular weight is 310 g/mol. The van der Waals surface area contributed by atoms with E-state index < -0.39 is 5.60 Å². The van der Waals surface area contributed by atoms with E-state index in [0.29, 0.717) is 5.56 Å². The molecule has 2 nitrogen and oxygen atoms in total.